The van der Waals surface area contributed by atoms with Crippen LogP contribution >= 0.6 is 23.2 Å². The molecule has 28 heavy (non-hydrogen) atoms. The van der Waals surface area contributed by atoms with Gasteiger partial charge in [0.2, 0.25) is 12.0 Å². The van der Waals surface area contributed by atoms with Crippen LogP contribution in [0.3, 0.4) is 0 Å². The minimum absolute atomic E-state index is 0.0950. The van der Waals surface area contributed by atoms with Gasteiger partial charge in [0.15, 0.2) is 11.5 Å². The van der Waals surface area contributed by atoms with Gasteiger partial charge in [0.25, 0.3) is 5.91 Å². The third kappa shape index (κ3) is 4.88. The fourth-order valence-electron chi connectivity index (χ4n) is 2.84. The van der Waals surface area contributed by atoms with E-state index in [1.54, 1.807) is 36.4 Å². The average Bonchev–Trinajstić information content (AvgIpc) is 2.69. The Balaban J connectivity index is 1.66. The van der Waals surface area contributed by atoms with Gasteiger partial charge in [-0.15, -0.1) is 0 Å². The Morgan fingerprint density at radius 3 is 2.68 bits per heavy atom. The predicted octanol–water partition coefficient (Wildman–Crippen LogP) is 4.01. The number of nitrogens with zero attached hydrogens (tertiary/aromatic N) is 1. The van der Waals surface area contributed by atoms with Gasteiger partial charge in [-0.05, 0) is 36.8 Å². The van der Waals surface area contributed by atoms with E-state index in [0.29, 0.717) is 40.2 Å². The number of halogens is 2. The van der Waals surface area contributed by atoms with E-state index in [1.807, 2.05) is 13.0 Å². The first-order valence-corrected chi connectivity index (χ1v) is 9.65. The van der Waals surface area contributed by atoms with Crippen molar-refractivity contribution in [2.45, 2.75) is 19.4 Å². The Hall–Kier alpha value is -2.44. The highest BCUT2D eigenvalue weighted by atomic mass is 35.5. The van der Waals surface area contributed by atoms with Gasteiger partial charge in [0.05, 0.1) is 17.3 Å². The Morgan fingerprint density at radius 1 is 1.18 bits per heavy atom. The van der Waals surface area contributed by atoms with Crippen LogP contribution in [0.5, 0.6) is 11.5 Å². The quantitative estimate of drug-likeness (QED) is 0.763. The van der Waals surface area contributed by atoms with Crippen LogP contribution < -0.4 is 14.8 Å². The van der Waals surface area contributed by atoms with Crippen molar-refractivity contribution in [1.82, 2.24) is 4.90 Å². The largest absolute Gasteiger partial charge is 0.485 e. The first-order valence-electron chi connectivity index (χ1n) is 8.90. The third-order valence-corrected chi connectivity index (χ3v) is 4.69. The highest BCUT2D eigenvalue weighted by Crippen LogP contribution is 2.31. The molecular formula is C20H20Cl2N2O4. The molecule has 0 spiro atoms. The molecule has 0 saturated heterocycles. The van der Waals surface area contributed by atoms with E-state index in [9.17, 15) is 9.59 Å². The van der Waals surface area contributed by atoms with Crippen molar-refractivity contribution in [2.24, 2.45) is 0 Å². The normalized spacial score (nSPS) is 15.0. The first-order chi connectivity index (χ1) is 13.5. The van der Waals surface area contributed by atoms with Gasteiger partial charge in [-0.3, -0.25) is 9.59 Å². The minimum Gasteiger partial charge on any atom is -0.485 e. The zero-order valence-electron chi connectivity index (χ0n) is 15.3. The van der Waals surface area contributed by atoms with Crippen LogP contribution in [0.15, 0.2) is 42.5 Å². The molecule has 1 aliphatic heterocycles. The number of anilines is 1. The van der Waals surface area contributed by atoms with E-state index in [-0.39, 0.29) is 25.0 Å². The highest BCUT2D eigenvalue weighted by Gasteiger charge is 2.31. The van der Waals surface area contributed by atoms with Crippen LogP contribution in [0.1, 0.15) is 13.3 Å². The molecule has 0 radical (unpaired) electrons. The topological polar surface area (TPSA) is 67.9 Å². The summed E-state index contributed by atoms with van der Waals surface area (Å²) in [5.74, 6) is 0.437. The van der Waals surface area contributed by atoms with Gasteiger partial charge in [-0.1, -0.05) is 42.3 Å². The monoisotopic (exact) mass is 422 g/mol. The summed E-state index contributed by atoms with van der Waals surface area (Å²) in [5.41, 5.74) is 0.397. The zero-order valence-corrected chi connectivity index (χ0v) is 16.8. The minimum atomic E-state index is -0.802. The number of ether oxygens (including phenoxy) is 2. The molecule has 8 heteroatoms. The lowest BCUT2D eigenvalue weighted by Gasteiger charge is -2.30. The fourth-order valence-corrected chi connectivity index (χ4v) is 3.18. The SMILES string of the molecule is CCCN(CC(=O)Nc1cc(Cl)ccc1Cl)C(=O)C1COc2ccccc2O1. The van der Waals surface area contributed by atoms with Crippen molar-refractivity contribution in [3.8, 4) is 11.5 Å². The molecule has 1 unspecified atom stereocenters. The lowest BCUT2D eigenvalue weighted by Crippen LogP contribution is -2.49. The molecule has 0 aromatic heterocycles. The molecule has 2 aromatic carbocycles. The number of fused-ring (bicyclic) bond motifs is 1. The molecule has 3 rings (SSSR count). The van der Waals surface area contributed by atoms with Crippen LogP contribution in [0, 0.1) is 0 Å². The number of para-hydroxylation sites is 2. The van der Waals surface area contributed by atoms with Crippen molar-refractivity contribution < 1.29 is 19.1 Å². The molecule has 1 atom stereocenters. The summed E-state index contributed by atoms with van der Waals surface area (Å²) < 4.78 is 11.4. The van der Waals surface area contributed by atoms with Crippen LogP contribution in [-0.4, -0.2) is 42.5 Å². The van der Waals surface area contributed by atoms with Crippen LogP contribution in [0.2, 0.25) is 10.0 Å². The van der Waals surface area contributed by atoms with Gasteiger partial charge < -0.3 is 19.7 Å². The van der Waals surface area contributed by atoms with Gasteiger partial charge in [-0.25, -0.2) is 0 Å². The summed E-state index contributed by atoms with van der Waals surface area (Å²) in [6.45, 7) is 2.31. The molecule has 0 aliphatic carbocycles. The van der Waals surface area contributed by atoms with Crippen molar-refractivity contribution >= 4 is 40.7 Å². The van der Waals surface area contributed by atoms with Crippen molar-refractivity contribution in [1.29, 1.82) is 0 Å². The summed E-state index contributed by atoms with van der Waals surface area (Å²) in [5, 5.41) is 3.51. The maximum Gasteiger partial charge on any atom is 0.267 e. The number of hydrogen-bond acceptors (Lipinski definition) is 4. The van der Waals surface area contributed by atoms with E-state index in [2.05, 4.69) is 5.32 Å². The summed E-state index contributed by atoms with van der Waals surface area (Å²) in [4.78, 5) is 26.8. The lowest BCUT2D eigenvalue weighted by molar-refractivity contribution is -0.143. The second-order valence-corrected chi connectivity index (χ2v) is 7.14. The highest BCUT2D eigenvalue weighted by molar-refractivity contribution is 6.35. The molecule has 0 bridgehead atoms. The second kappa shape index (κ2) is 9.17. The van der Waals surface area contributed by atoms with E-state index in [1.165, 1.54) is 4.90 Å². The van der Waals surface area contributed by atoms with E-state index >= 15 is 0 Å². The fraction of sp³-hybridized carbons (Fsp3) is 0.300. The van der Waals surface area contributed by atoms with Crippen LogP contribution in [-0.2, 0) is 9.59 Å². The lowest BCUT2D eigenvalue weighted by atomic mass is 10.2. The maximum absolute atomic E-state index is 12.9. The predicted molar refractivity (Wildman–Crippen MR) is 108 cm³/mol. The number of carbonyl (C=O) groups is 2. The number of amides is 2. The Labute approximate surface area is 173 Å². The molecule has 1 heterocycles. The van der Waals surface area contributed by atoms with Crippen LogP contribution in [0.25, 0.3) is 0 Å². The number of carbonyl (C=O) groups excluding carboxylic acids is 2. The smallest absolute Gasteiger partial charge is 0.267 e. The number of nitrogens with one attached hydrogen (secondary N) is 1. The first kappa shape index (κ1) is 20.3. The van der Waals surface area contributed by atoms with Gasteiger partial charge in [0.1, 0.15) is 6.61 Å². The Bertz CT molecular complexity index is 875. The zero-order chi connectivity index (χ0) is 20.1. The van der Waals surface area contributed by atoms with Crippen molar-refractivity contribution in [2.75, 3.05) is 25.0 Å². The van der Waals surface area contributed by atoms with Crippen LogP contribution in [0.4, 0.5) is 5.69 Å². The van der Waals surface area contributed by atoms with E-state index in [0.717, 1.165) is 0 Å². The maximum atomic E-state index is 12.9. The molecule has 148 valence electrons. The van der Waals surface area contributed by atoms with Gasteiger partial charge in [-0.2, -0.15) is 0 Å². The summed E-state index contributed by atoms with van der Waals surface area (Å²) >= 11 is 12.0. The molecule has 1 N–H and O–H groups in total. The Morgan fingerprint density at radius 2 is 1.93 bits per heavy atom. The molecule has 6 nitrogen and oxygen atoms in total. The van der Waals surface area contributed by atoms with E-state index in [4.69, 9.17) is 32.7 Å². The van der Waals surface area contributed by atoms with Gasteiger partial charge >= 0.3 is 0 Å². The summed E-state index contributed by atoms with van der Waals surface area (Å²) in [7, 11) is 0. The molecule has 2 aromatic rings. The Kier molecular flexibility index (Phi) is 6.65. The van der Waals surface area contributed by atoms with Crippen molar-refractivity contribution in [3.05, 3.63) is 52.5 Å². The average molecular weight is 423 g/mol. The summed E-state index contributed by atoms with van der Waals surface area (Å²) in [6, 6.07) is 11.9. The molecule has 0 fully saturated rings. The second-order valence-electron chi connectivity index (χ2n) is 6.30. The van der Waals surface area contributed by atoms with Crippen molar-refractivity contribution in [3.63, 3.8) is 0 Å². The molecule has 2 amide bonds. The number of hydrogen-bond donors (Lipinski definition) is 1. The van der Waals surface area contributed by atoms with E-state index < -0.39 is 6.10 Å². The number of benzene rings is 2. The van der Waals surface area contributed by atoms with Gasteiger partial charge in [0, 0.05) is 11.6 Å². The third-order valence-electron chi connectivity index (χ3n) is 4.13. The summed E-state index contributed by atoms with van der Waals surface area (Å²) in [6.07, 6.45) is -0.106. The molecular weight excluding hydrogens is 403 g/mol. The standard InChI is InChI=1S/C20H20Cl2N2O4/c1-2-9-24(11-19(25)23-15-10-13(21)7-8-14(15)22)20(26)18-12-27-16-5-3-4-6-17(16)28-18/h3-8,10,18H,2,9,11-12H2,1H3,(H,23,25). The molecule has 1 aliphatic rings. The molecule has 0 saturated carbocycles. The number of rotatable bonds is 6.